The van der Waals surface area contributed by atoms with Gasteiger partial charge in [0.25, 0.3) is 11.9 Å². The Morgan fingerprint density at radius 3 is 2.19 bits per heavy atom. The summed E-state index contributed by atoms with van der Waals surface area (Å²) in [5, 5.41) is 13.1. The number of piperidine rings is 1. The number of ether oxygens (including phenoxy) is 2. The molecule has 0 N–H and O–H groups in total. The van der Waals surface area contributed by atoms with Crippen LogP contribution in [-0.4, -0.2) is 46.9 Å². The lowest BCUT2D eigenvalue weighted by Crippen LogP contribution is -2.72. The summed E-state index contributed by atoms with van der Waals surface area (Å²) >= 11 is 0. The van der Waals surface area contributed by atoms with Gasteiger partial charge in [0.05, 0.1) is 24.9 Å². The van der Waals surface area contributed by atoms with Gasteiger partial charge >= 0.3 is 11.9 Å². The molecule has 3 heterocycles. The first-order valence-corrected chi connectivity index (χ1v) is 10.8. The van der Waals surface area contributed by atoms with Crippen LogP contribution < -0.4 is 5.11 Å². The van der Waals surface area contributed by atoms with E-state index in [9.17, 15) is 19.5 Å². The minimum atomic E-state index is -1.34. The van der Waals surface area contributed by atoms with E-state index >= 15 is 0 Å². The van der Waals surface area contributed by atoms with Crippen molar-refractivity contribution in [2.24, 2.45) is 5.92 Å². The SMILES string of the molecule is CC1(C)OC(=O)C(C2(c3ccc4occc4c3)CC[N+](C(=O)[O-])(C(C)(C)C)CC2)C(=O)O1. The van der Waals surface area contributed by atoms with E-state index in [4.69, 9.17) is 13.9 Å². The number of esters is 2. The number of benzene rings is 1. The molecule has 8 heteroatoms. The Morgan fingerprint density at radius 2 is 1.66 bits per heavy atom. The van der Waals surface area contributed by atoms with Crippen molar-refractivity contribution in [1.82, 2.24) is 0 Å². The van der Waals surface area contributed by atoms with Gasteiger partial charge in [0.1, 0.15) is 5.58 Å². The van der Waals surface area contributed by atoms with Crippen molar-refractivity contribution >= 4 is 29.0 Å². The highest BCUT2D eigenvalue weighted by Gasteiger charge is 2.60. The summed E-state index contributed by atoms with van der Waals surface area (Å²) in [4.78, 5) is 38.5. The molecular weight excluding hydrogens is 414 g/mol. The highest BCUT2D eigenvalue weighted by atomic mass is 16.7. The number of nitrogens with zero attached hydrogens (tertiary/aromatic N) is 1. The zero-order valence-corrected chi connectivity index (χ0v) is 19.1. The summed E-state index contributed by atoms with van der Waals surface area (Å²) < 4.78 is 16.1. The number of furan rings is 1. The van der Waals surface area contributed by atoms with Crippen molar-refractivity contribution in [3.8, 4) is 0 Å². The Labute approximate surface area is 186 Å². The van der Waals surface area contributed by atoms with Crippen LogP contribution in [0.1, 0.15) is 53.0 Å². The number of rotatable bonds is 2. The summed E-state index contributed by atoms with van der Waals surface area (Å²) in [7, 11) is 0. The minimum absolute atomic E-state index is 0.204. The van der Waals surface area contributed by atoms with Crippen molar-refractivity contribution in [2.75, 3.05) is 13.1 Å². The first-order valence-electron chi connectivity index (χ1n) is 10.8. The highest BCUT2D eigenvalue weighted by molar-refractivity contribution is 5.99. The molecule has 4 rings (SSSR count). The van der Waals surface area contributed by atoms with E-state index in [0.717, 1.165) is 10.9 Å². The van der Waals surface area contributed by atoms with Crippen LogP contribution in [0, 0.1) is 5.92 Å². The third-order valence-electron chi connectivity index (χ3n) is 7.26. The zero-order valence-electron chi connectivity index (χ0n) is 19.1. The maximum atomic E-state index is 13.1. The number of carbonyl (C=O) groups excluding carboxylic acids is 3. The number of quaternary nitrogens is 1. The number of likely N-dealkylation sites (tertiary alicyclic amines) is 1. The second kappa shape index (κ2) is 7.07. The molecular formula is C24H29NO7. The molecule has 2 fully saturated rings. The lowest BCUT2D eigenvalue weighted by molar-refractivity contribution is -0.925. The zero-order chi connectivity index (χ0) is 23.5. The van der Waals surface area contributed by atoms with Gasteiger partial charge in [-0.05, 0) is 44.5 Å². The van der Waals surface area contributed by atoms with E-state index in [0.29, 0.717) is 5.58 Å². The fourth-order valence-corrected chi connectivity index (χ4v) is 5.34. The quantitative estimate of drug-likeness (QED) is 0.399. The molecule has 2 aliphatic heterocycles. The maximum Gasteiger partial charge on any atom is 0.324 e. The van der Waals surface area contributed by atoms with Crippen molar-refractivity contribution < 1.29 is 37.9 Å². The van der Waals surface area contributed by atoms with Gasteiger partial charge in [0, 0.05) is 37.5 Å². The van der Waals surface area contributed by atoms with Crippen LogP contribution in [0.2, 0.25) is 0 Å². The van der Waals surface area contributed by atoms with Crippen molar-refractivity contribution in [3.05, 3.63) is 36.1 Å². The van der Waals surface area contributed by atoms with E-state index < -0.39 is 40.7 Å². The predicted octanol–water partition coefficient (Wildman–Crippen LogP) is 2.88. The predicted molar refractivity (Wildman–Crippen MR) is 112 cm³/mol. The number of cyclic esters (lactones) is 2. The average Bonchev–Trinajstić information content (AvgIpc) is 3.13. The normalized spacial score (nSPS) is 28.9. The molecule has 1 aromatic carbocycles. The van der Waals surface area contributed by atoms with Gasteiger partial charge in [-0.15, -0.1) is 0 Å². The molecule has 32 heavy (non-hydrogen) atoms. The second-order valence-corrected chi connectivity index (χ2v) is 10.4. The van der Waals surface area contributed by atoms with E-state index in [-0.39, 0.29) is 30.4 Å². The average molecular weight is 443 g/mol. The maximum absolute atomic E-state index is 13.1. The molecule has 0 bridgehead atoms. The Balaban J connectivity index is 1.83. The van der Waals surface area contributed by atoms with Gasteiger partial charge in [-0.2, -0.15) is 0 Å². The molecule has 0 radical (unpaired) electrons. The van der Waals surface area contributed by atoms with Gasteiger partial charge in [-0.25, -0.2) is 0 Å². The van der Waals surface area contributed by atoms with E-state index in [1.165, 1.54) is 13.8 Å². The van der Waals surface area contributed by atoms with E-state index in [1.54, 1.807) is 12.3 Å². The monoisotopic (exact) mass is 443 g/mol. The van der Waals surface area contributed by atoms with Gasteiger partial charge < -0.3 is 23.8 Å². The third-order valence-corrected chi connectivity index (χ3v) is 7.26. The summed E-state index contributed by atoms with van der Waals surface area (Å²) in [6, 6.07) is 7.35. The van der Waals surface area contributed by atoms with Crippen LogP contribution in [-0.2, 0) is 24.5 Å². The number of hydrogen-bond donors (Lipinski definition) is 0. The number of hydrogen-bond acceptors (Lipinski definition) is 7. The Bertz CT molecular complexity index is 1060. The summed E-state index contributed by atoms with van der Waals surface area (Å²) in [5.74, 6) is -3.83. The smallest absolute Gasteiger partial charge is 0.324 e. The lowest BCUT2D eigenvalue weighted by atomic mass is 9.63. The fraction of sp³-hybridized carbons (Fsp3) is 0.542. The molecule has 8 nitrogen and oxygen atoms in total. The Morgan fingerprint density at radius 1 is 1.06 bits per heavy atom. The highest BCUT2D eigenvalue weighted by Crippen LogP contribution is 2.49. The summed E-state index contributed by atoms with van der Waals surface area (Å²) in [6.45, 7) is 9.02. The minimum Gasteiger partial charge on any atom is -0.498 e. The topological polar surface area (TPSA) is 106 Å². The first-order chi connectivity index (χ1) is 14.8. The van der Waals surface area contributed by atoms with Crippen molar-refractivity contribution in [1.29, 1.82) is 0 Å². The molecule has 2 aliphatic rings. The molecule has 2 saturated heterocycles. The third kappa shape index (κ3) is 3.28. The van der Waals surface area contributed by atoms with Crippen molar-refractivity contribution in [3.63, 3.8) is 0 Å². The molecule has 0 spiro atoms. The number of fused-ring (bicyclic) bond motifs is 1. The molecule has 0 aliphatic carbocycles. The lowest BCUT2D eigenvalue weighted by Gasteiger charge is -2.55. The molecule has 172 valence electrons. The van der Waals surface area contributed by atoms with E-state index in [2.05, 4.69) is 0 Å². The molecule has 0 saturated carbocycles. The van der Waals surface area contributed by atoms with Gasteiger partial charge in [-0.1, -0.05) is 6.07 Å². The Kier molecular flexibility index (Phi) is 4.93. The van der Waals surface area contributed by atoms with Crippen LogP contribution in [0.4, 0.5) is 4.79 Å². The Hall–Kier alpha value is -2.87. The van der Waals surface area contributed by atoms with Crippen LogP contribution in [0.25, 0.3) is 11.0 Å². The summed E-state index contributed by atoms with van der Waals surface area (Å²) in [5.41, 5.74) is -0.146. The van der Waals surface area contributed by atoms with Gasteiger partial charge in [0.2, 0.25) is 0 Å². The van der Waals surface area contributed by atoms with Gasteiger partial charge in [-0.3, -0.25) is 14.1 Å². The number of carboxylic acid groups (broad SMARTS) is 1. The van der Waals surface area contributed by atoms with E-state index in [1.807, 2.05) is 39.0 Å². The van der Waals surface area contributed by atoms with Gasteiger partial charge in [0.15, 0.2) is 5.92 Å². The van der Waals surface area contributed by atoms with Crippen LogP contribution in [0.3, 0.4) is 0 Å². The second-order valence-electron chi connectivity index (χ2n) is 10.4. The first kappa shape index (κ1) is 22.3. The molecule has 2 aromatic rings. The molecule has 0 atom stereocenters. The standard InChI is InChI=1S/C24H29NO7/c1-22(2,3)25(21(28)29)11-9-24(10-12-25,16-6-7-17-15(14-16)8-13-30-17)18-19(26)31-23(4,5)32-20(18)27/h6-8,13-14,18H,9-12H2,1-5H3. The molecule has 1 amide bonds. The molecule has 1 aromatic heterocycles. The number of amides is 1. The van der Waals surface area contributed by atoms with Crippen LogP contribution in [0.15, 0.2) is 34.9 Å². The summed E-state index contributed by atoms with van der Waals surface area (Å²) in [6.07, 6.45) is 0.963. The van der Waals surface area contributed by atoms with Crippen LogP contribution >= 0.6 is 0 Å². The largest absolute Gasteiger partial charge is 0.498 e. The number of carbonyl (C=O) groups is 3. The van der Waals surface area contributed by atoms with Crippen molar-refractivity contribution in [2.45, 2.75) is 64.2 Å². The fourth-order valence-electron chi connectivity index (χ4n) is 5.34. The van der Waals surface area contributed by atoms with Crippen LogP contribution in [0.5, 0.6) is 0 Å². The molecule has 0 unspecified atom stereocenters.